The Morgan fingerprint density at radius 2 is 1.98 bits per heavy atom. The van der Waals surface area contributed by atoms with Gasteiger partial charge in [-0.2, -0.15) is 13.2 Å². The normalized spacial score (nSPS) is 20.0. The maximum atomic E-state index is 13.5. The molecule has 1 spiro atoms. The second kappa shape index (κ2) is 11.3. The van der Waals surface area contributed by atoms with E-state index in [9.17, 15) is 22.4 Å². The third-order valence-electron chi connectivity index (χ3n) is 8.23. The molecule has 2 aliphatic heterocycles. The van der Waals surface area contributed by atoms with Crippen LogP contribution in [-0.2, 0) is 6.18 Å². The number of nitrogens with zero attached hydrogens (tertiary/aromatic N) is 5. The first-order valence-electron chi connectivity index (χ1n) is 14.3. The molecule has 1 saturated carbocycles. The Morgan fingerprint density at radius 3 is 2.67 bits per heavy atom. The maximum absolute atomic E-state index is 13.5. The molecule has 3 aliphatic rings. The first-order chi connectivity index (χ1) is 20.5. The highest BCUT2D eigenvalue weighted by Gasteiger charge is 2.55. The Morgan fingerprint density at radius 1 is 1.19 bits per heavy atom. The van der Waals surface area contributed by atoms with E-state index in [0.29, 0.717) is 61.5 Å². The number of ether oxygens (including phenoxy) is 2. The summed E-state index contributed by atoms with van der Waals surface area (Å²) in [5, 5.41) is 3.08. The van der Waals surface area contributed by atoms with E-state index in [2.05, 4.69) is 20.2 Å². The molecule has 9 nitrogen and oxygen atoms in total. The van der Waals surface area contributed by atoms with E-state index >= 15 is 0 Å². The number of anilines is 1. The topological polar surface area (TPSA) is 92.7 Å². The molecule has 6 rings (SSSR count). The molecule has 1 N–H and O–H groups in total. The van der Waals surface area contributed by atoms with Crippen LogP contribution in [0.1, 0.15) is 42.2 Å². The van der Waals surface area contributed by atoms with Gasteiger partial charge in [-0.25, -0.2) is 19.3 Å². The molecular weight excluding hydrogens is 568 g/mol. The lowest BCUT2D eigenvalue weighted by Crippen LogP contribution is -2.65. The number of nitrogens with one attached hydrogen (secondary N) is 1. The lowest BCUT2D eigenvalue weighted by Gasteiger charge is -2.59. The van der Waals surface area contributed by atoms with Crippen LogP contribution in [0.3, 0.4) is 0 Å². The summed E-state index contributed by atoms with van der Waals surface area (Å²) >= 11 is 0. The Kier molecular flexibility index (Phi) is 7.61. The van der Waals surface area contributed by atoms with Crippen LogP contribution in [0.5, 0.6) is 11.6 Å². The minimum atomic E-state index is -4.71. The summed E-state index contributed by atoms with van der Waals surface area (Å²) in [6.07, 6.45) is -0.492. The third-order valence-corrected chi connectivity index (χ3v) is 8.23. The quantitative estimate of drug-likeness (QED) is 0.376. The van der Waals surface area contributed by atoms with Gasteiger partial charge < -0.3 is 24.6 Å². The minimum absolute atomic E-state index is 0.0113. The molecule has 3 aromatic rings. The van der Waals surface area contributed by atoms with Crippen molar-refractivity contribution in [1.29, 1.82) is 0 Å². The zero-order valence-electron chi connectivity index (χ0n) is 23.8. The van der Waals surface area contributed by atoms with Gasteiger partial charge in [0.15, 0.2) is 11.4 Å². The Hall–Kier alpha value is -4.00. The summed E-state index contributed by atoms with van der Waals surface area (Å²) in [7, 11) is 2.00. The SMILES string of the molecule is CCOc1ncccc1-c1ccc(OC2CC3(C2)CN(c2ncc(F)cc2C(F)(F)F)C3)c(C(=O)NC2CCN(C)C2)n1. The average Bonchev–Trinajstić information content (AvgIpc) is 3.33. The first kappa shape index (κ1) is 29.1. The van der Waals surface area contributed by atoms with E-state index in [1.54, 1.807) is 24.4 Å². The summed E-state index contributed by atoms with van der Waals surface area (Å²) in [5.74, 6) is -0.882. The summed E-state index contributed by atoms with van der Waals surface area (Å²) in [6, 6.07) is 7.54. The lowest BCUT2D eigenvalue weighted by atomic mass is 9.61. The van der Waals surface area contributed by atoms with Crippen molar-refractivity contribution < 1.29 is 31.8 Å². The van der Waals surface area contributed by atoms with Crippen LogP contribution in [0.25, 0.3) is 11.3 Å². The Balaban J connectivity index is 1.18. The lowest BCUT2D eigenvalue weighted by molar-refractivity contribution is -0.138. The second-order valence-corrected chi connectivity index (χ2v) is 11.6. The molecule has 3 aromatic heterocycles. The van der Waals surface area contributed by atoms with Crippen molar-refractivity contribution in [2.45, 2.75) is 44.5 Å². The van der Waals surface area contributed by atoms with Gasteiger partial charge in [-0.3, -0.25) is 4.79 Å². The molecule has 0 aromatic carbocycles. The number of alkyl halides is 3. The van der Waals surface area contributed by atoms with E-state index in [0.717, 1.165) is 25.7 Å². The van der Waals surface area contributed by atoms with Crippen molar-refractivity contribution in [3.63, 3.8) is 0 Å². The highest BCUT2D eigenvalue weighted by atomic mass is 19.4. The number of hydrogen-bond acceptors (Lipinski definition) is 8. The van der Waals surface area contributed by atoms with Crippen molar-refractivity contribution in [2.75, 3.05) is 44.7 Å². The van der Waals surface area contributed by atoms with Crippen LogP contribution in [0.2, 0.25) is 0 Å². The molecule has 1 amide bonds. The fraction of sp³-hybridized carbons (Fsp3) is 0.467. The Bertz CT molecular complexity index is 1510. The molecule has 13 heteroatoms. The molecule has 0 bridgehead atoms. The van der Waals surface area contributed by atoms with Gasteiger partial charge in [0, 0.05) is 37.3 Å². The molecule has 3 fully saturated rings. The number of pyridine rings is 3. The molecule has 2 saturated heterocycles. The summed E-state index contributed by atoms with van der Waals surface area (Å²) in [4.78, 5) is 29.9. The van der Waals surface area contributed by atoms with Crippen molar-refractivity contribution in [3.05, 3.63) is 59.8 Å². The van der Waals surface area contributed by atoms with Gasteiger partial charge in [0.25, 0.3) is 5.91 Å². The summed E-state index contributed by atoms with van der Waals surface area (Å²) in [6.45, 7) is 4.61. The first-order valence-corrected chi connectivity index (χ1v) is 14.3. The van der Waals surface area contributed by atoms with Crippen LogP contribution in [0.15, 0.2) is 42.7 Å². The van der Waals surface area contributed by atoms with Gasteiger partial charge in [-0.1, -0.05) is 0 Å². The van der Waals surface area contributed by atoms with Crippen LogP contribution in [0.4, 0.5) is 23.4 Å². The van der Waals surface area contributed by atoms with E-state index < -0.39 is 17.6 Å². The van der Waals surface area contributed by atoms with Gasteiger partial charge in [0.2, 0.25) is 5.88 Å². The van der Waals surface area contributed by atoms with Gasteiger partial charge in [0.05, 0.1) is 24.1 Å². The number of halogens is 4. The fourth-order valence-corrected chi connectivity index (χ4v) is 6.23. The Labute approximate surface area is 246 Å². The number of carbonyl (C=O) groups excluding carboxylic acids is 1. The monoisotopic (exact) mass is 600 g/mol. The number of carbonyl (C=O) groups is 1. The van der Waals surface area contributed by atoms with Crippen molar-refractivity contribution in [2.24, 2.45) is 5.41 Å². The van der Waals surface area contributed by atoms with Crippen LogP contribution < -0.4 is 19.7 Å². The standard InChI is InChI=1S/C30H32F4N6O3/c1-3-42-28-21(5-4-9-35-28)23-6-7-24(25(38-23)27(41)37-19-8-10-39(2)15-19)43-20-12-29(13-20)16-40(17-29)26-22(30(32,33)34)11-18(31)14-36-26/h4-7,9,11,14,19-20H,3,8,10,12-13,15-17H2,1-2H3,(H,37,41). The van der Waals surface area contributed by atoms with Crippen LogP contribution in [0, 0.1) is 11.2 Å². The van der Waals surface area contributed by atoms with E-state index in [-0.39, 0.29) is 35.0 Å². The molecule has 0 radical (unpaired) electrons. The number of likely N-dealkylation sites (tertiary alicyclic amines) is 1. The zero-order valence-corrected chi connectivity index (χ0v) is 23.8. The van der Waals surface area contributed by atoms with Gasteiger partial charge in [0.1, 0.15) is 23.3 Å². The minimum Gasteiger partial charge on any atom is -0.488 e. The van der Waals surface area contributed by atoms with Crippen molar-refractivity contribution >= 4 is 11.7 Å². The third kappa shape index (κ3) is 5.95. The molecular formula is C30H32F4N6O3. The number of amides is 1. The fourth-order valence-electron chi connectivity index (χ4n) is 6.23. The van der Waals surface area contributed by atoms with Gasteiger partial charge in [-0.15, -0.1) is 0 Å². The molecule has 43 heavy (non-hydrogen) atoms. The molecule has 228 valence electrons. The van der Waals surface area contributed by atoms with Gasteiger partial charge >= 0.3 is 6.18 Å². The van der Waals surface area contributed by atoms with E-state index in [1.165, 1.54) is 4.90 Å². The molecule has 1 aliphatic carbocycles. The smallest absolute Gasteiger partial charge is 0.420 e. The van der Waals surface area contributed by atoms with Crippen LogP contribution in [-0.4, -0.2) is 77.7 Å². The predicted molar refractivity (Wildman–Crippen MR) is 149 cm³/mol. The number of hydrogen-bond donors (Lipinski definition) is 1. The van der Waals surface area contributed by atoms with E-state index in [4.69, 9.17) is 14.5 Å². The molecule has 5 heterocycles. The summed E-state index contributed by atoms with van der Waals surface area (Å²) < 4.78 is 65.9. The zero-order chi connectivity index (χ0) is 30.4. The van der Waals surface area contributed by atoms with E-state index in [1.807, 2.05) is 20.0 Å². The van der Waals surface area contributed by atoms with Crippen LogP contribution >= 0.6 is 0 Å². The maximum Gasteiger partial charge on any atom is 0.420 e. The predicted octanol–water partition coefficient (Wildman–Crippen LogP) is 4.58. The number of rotatable bonds is 8. The molecule has 1 unspecified atom stereocenters. The molecule has 1 atom stereocenters. The largest absolute Gasteiger partial charge is 0.488 e. The number of aromatic nitrogens is 3. The average molecular weight is 601 g/mol. The highest BCUT2D eigenvalue weighted by Crippen LogP contribution is 2.52. The second-order valence-electron chi connectivity index (χ2n) is 11.6. The van der Waals surface area contributed by atoms with Crippen molar-refractivity contribution in [1.82, 2.24) is 25.2 Å². The highest BCUT2D eigenvalue weighted by molar-refractivity contribution is 5.96. The summed E-state index contributed by atoms with van der Waals surface area (Å²) in [5.41, 5.74) is 0.0151. The number of likely N-dealkylation sites (N-methyl/N-ethyl adjacent to an activating group) is 1. The van der Waals surface area contributed by atoms with Gasteiger partial charge in [-0.05, 0) is 70.1 Å². The van der Waals surface area contributed by atoms with Crippen molar-refractivity contribution in [3.8, 4) is 22.9 Å².